The van der Waals surface area contributed by atoms with Crippen LogP contribution in [0, 0.1) is 5.92 Å². The molecule has 4 aromatic carbocycles. The lowest BCUT2D eigenvalue weighted by molar-refractivity contribution is -0.00965. The molecule has 4 aromatic rings. The van der Waals surface area contributed by atoms with E-state index in [1.165, 1.54) is 0 Å². The van der Waals surface area contributed by atoms with Gasteiger partial charge in [0.05, 0.1) is 12.2 Å². The summed E-state index contributed by atoms with van der Waals surface area (Å²) in [5, 5.41) is 46.4. The Labute approximate surface area is 243 Å². The average Bonchev–Trinajstić information content (AvgIpc) is 3.05. The minimum Gasteiger partial charge on any atom is -0.391 e. The Morgan fingerprint density at radius 3 is 1.22 bits per heavy atom. The van der Waals surface area contributed by atoms with Gasteiger partial charge < -0.3 is 29.3 Å². The summed E-state index contributed by atoms with van der Waals surface area (Å²) in [6, 6.07) is 36.7. The fourth-order valence-corrected chi connectivity index (χ4v) is 8.43. The Morgan fingerprint density at radius 2 is 0.854 bits per heavy atom. The predicted molar refractivity (Wildman–Crippen MR) is 162 cm³/mol. The summed E-state index contributed by atoms with van der Waals surface area (Å²) in [5.74, 6) is -0.625. The van der Waals surface area contributed by atoms with Crippen molar-refractivity contribution in [2.45, 2.75) is 43.4 Å². The van der Waals surface area contributed by atoms with E-state index in [4.69, 9.17) is 8.85 Å². The third kappa shape index (κ3) is 7.58. The molecule has 0 heterocycles. The van der Waals surface area contributed by atoms with Gasteiger partial charge in [-0.1, -0.05) is 128 Å². The summed E-state index contributed by atoms with van der Waals surface area (Å²) in [6.07, 6.45) is -1.02. The van der Waals surface area contributed by atoms with E-state index < -0.39 is 38.1 Å². The van der Waals surface area contributed by atoms with Crippen molar-refractivity contribution in [1.82, 2.24) is 0 Å². The van der Waals surface area contributed by atoms with Crippen molar-refractivity contribution in [2.24, 2.45) is 5.92 Å². The van der Waals surface area contributed by atoms with Gasteiger partial charge in [-0.05, 0) is 35.1 Å². The molecule has 4 atom stereocenters. The number of hydrogen-bond acceptors (Lipinski definition) is 6. The van der Waals surface area contributed by atoms with Crippen molar-refractivity contribution < 1.29 is 29.3 Å². The van der Waals surface area contributed by atoms with E-state index in [1.54, 1.807) is 24.3 Å². The monoisotopic (exact) mass is 572 g/mol. The van der Waals surface area contributed by atoms with E-state index in [2.05, 4.69) is 0 Å². The molecule has 4 rings (SSSR count). The average molecular weight is 573 g/mol. The van der Waals surface area contributed by atoms with Gasteiger partial charge in [0.25, 0.3) is 0 Å². The second-order valence-electron chi connectivity index (χ2n) is 10.2. The lowest BCUT2D eigenvalue weighted by atomic mass is 9.85. The van der Waals surface area contributed by atoms with Crippen LogP contribution in [0.4, 0.5) is 0 Å². The van der Waals surface area contributed by atoms with Crippen LogP contribution in [-0.4, -0.2) is 42.2 Å². The standard InChI is InChI=1S/C34H40O6Si/c1-2-24-39-41(33(37)28-19-11-5-12-20-28,34(38)29-21-13-6-14-22-29)40-25-23-30(31(35)26-15-7-3-8-16-26)32(36)27-17-9-4-10-18-27/h3-22,30-38H,2,23-25H2,1H3. The topological polar surface area (TPSA) is 99.4 Å². The van der Waals surface area contributed by atoms with Crippen molar-refractivity contribution in [1.29, 1.82) is 0 Å². The molecule has 4 N–H and O–H groups in total. The molecule has 0 amide bonds. The Hall–Kier alpha value is -3.14. The van der Waals surface area contributed by atoms with Crippen molar-refractivity contribution in [2.75, 3.05) is 13.2 Å². The maximum atomic E-state index is 11.8. The molecule has 0 aliphatic rings. The fraction of sp³-hybridized carbons (Fsp3) is 0.294. The lowest BCUT2D eigenvalue weighted by Gasteiger charge is -2.39. The van der Waals surface area contributed by atoms with E-state index in [1.807, 2.05) is 104 Å². The van der Waals surface area contributed by atoms with Crippen molar-refractivity contribution >= 4 is 8.56 Å². The second kappa shape index (κ2) is 15.2. The first-order valence-electron chi connectivity index (χ1n) is 14.2. The molecule has 0 radical (unpaired) electrons. The Bertz CT molecular complexity index is 1180. The molecule has 0 saturated heterocycles. The zero-order chi connectivity index (χ0) is 29.1. The van der Waals surface area contributed by atoms with E-state index in [0.717, 1.165) is 0 Å². The number of hydrogen-bond donors (Lipinski definition) is 4. The van der Waals surface area contributed by atoms with Gasteiger partial charge in [0.2, 0.25) is 0 Å². The lowest BCUT2D eigenvalue weighted by Crippen LogP contribution is -2.55. The summed E-state index contributed by atoms with van der Waals surface area (Å²) in [7, 11) is -3.85. The highest BCUT2D eigenvalue weighted by Gasteiger charge is 2.54. The van der Waals surface area contributed by atoms with Crippen LogP contribution in [0.15, 0.2) is 121 Å². The van der Waals surface area contributed by atoms with Gasteiger partial charge in [-0.25, -0.2) is 0 Å². The van der Waals surface area contributed by atoms with Crippen molar-refractivity contribution in [3.05, 3.63) is 144 Å². The Morgan fingerprint density at radius 1 is 0.512 bits per heavy atom. The van der Waals surface area contributed by atoms with E-state index in [0.29, 0.717) is 35.3 Å². The molecule has 0 aromatic heterocycles. The third-order valence-corrected chi connectivity index (χ3v) is 10.9. The maximum absolute atomic E-state index is 11.8. The number of aliphatic hydroxyl groups excluding tert-OH is 4. The fourth-order valence-electron chi connectivity index (χ4n) is 5.14. The molecule has 0 bridgehead atoms. The molecule has 4 unspecified atom stereocenters. The summed E-state index contributed by atoms with van der Waals surface area (Å²) >= 11 is 0. The Balaban J connectivity index is 1.67. The van der Waals surface area contributed by atoms with Crippen LogP contribution in [0.5, 0.6) is 0 Å². The molecular formula is C34H40O6Si. The van der Waals surface area contributed by atoms with Crippen LogP contribution in [0.2, 0.25) is 0 Å². The van der Waals surface area contributed by atoms with E-state index >= 15 is 0 Å². The van der Waals surface area contributed by atoms with Gasteiger partial charge in [0.15, 0.2) is 0 Å². The normalized spacial score (nSPS) is 16.7. The molecule has 216 valence electrons. The van der Waals surface area contributed by atoms with Gasteiger partial charge in [0, 0.05) is 19.1 Å². The molecular weight excluding hydrogens is 532 g/mol. The first kappa shape index (κ1) is 30.8. The zero-order valence-corrected chi connectivity index (χ0v) is 24.4. The summed E-state index contributed by atoms with van der Waals surface area (Å²) in [6.45, 7) is 2.30. The minimum atomic E-state index is -3.85. The number of benzene rings is 4. The van der Waals surface area contributed by atoms with Crippen molar-refractivity contribution in [3.8, 4) is 0 Å². The summed E-state index contributed by atoms with van der Waals surface area (Å²) in [5.41, 5.74) is 0.175. The van der Waals surface area contributed by atoms with Crippen LogP contribution in [0.3, 0.4) is 0 Å². The van der Waals surface area contributed by atoms with Crippen LogP contribution >= 0.6 is 0 Å². The largest absolute Gasteiger partial charge is 0.406 e. The highest BCUT2D eigenvalue weighted by Crippen LogP contribution is 2.40. The van der Waals surface area contributed by atoms with Gasteiger partial charge in [-0.3, -0.25) is 0 Å². The molecule has 7 heteroatoms. The molecule has 41 heavy (non-hydrogen) atoms. The minimum absolute atomic E-state index is 0.0438. The van der Waals surface area contributed by atoms with Gasteiger partial charge in [-0.15, -0.1) is 0 Å². The van der Waals surface area contributed by atoms with Crippen LogP contribution < -0.4 is 0 Å². The number of aliphatic hydroxyl groups is 4. The van der Waals surface area contributed by atoms with E-state index in [9.17, 15) is 20.4 Å². The highest BCUT2D eigenvalue weighted by atomic mass is 28.4. The summed E-state index contributed by atoms with van der Waals surface area (Å²) in [4.78, 5) is 0. The zero-order valence-electron chi connectivity index (χ0n) is 23.4. The molecule has 6 nitrogen and oxygen atoms in total. The summed E-state index contributed by atoms with van der Waals surface area (Å²) < 4.78 is 12.9. The molecule has 0 aliphatic carbocycles. The third-order valence-electron chi connectivity index (χ3n) is 7.40. The highest BCUT2D eigenvalue weighted by molar-refractivity contribution is 6.69. The Kier molecular flexibility index (Phi) is 11.4. The number of rotatable bonds is 15. The molecule has 0 aliphatic heterocycles. The molecule has 0 saturated carbocycles. The van der Waals surface area contributed by atoms with Gasteiger partial charge >= 0.3 is 8.56 Å². The molecule has 0 spiro atoms. The van der Waals surface area contributed by atoms with E-state index in [-0.39, 0.29) is 13.0 Å². The SMILES string of the molecule is CCCO[Si](OCCC(C(O)c1ccccc1)C(O)c1ccccc1)(C(O)c1ccccc1)C(O)c1ccccc1. The van der Waals surface area contributed by atoms with Crippen LogP contribution in [-0.2, 0) is 8.85 Å². The van der Waals surface area contributed by atoms with Crippen molar-refractivity contribution in [3.63, 3.8) is 0 Å². The maximum Gasteiger partial charge on any atom is 0.406 e. The first-order valence-corrected chi connectivity index (χ1v) is 16.1. The predicted octanol–water partition coefficient (Wildman–Crippen LogP) is 5.89. The van der Waals surface area contributed by atoms with Crippen LogP contribution in [0.25, 0.3) is 0 Å². The van der Waals surface area contributed by atoms with Gasteiger partial charge in [-0.2, -0.15) is 0 Å². The van der Waals surface area contributed by atoms with Gasteiger partial charge in [0.1, 0.15) is 11.5 Å². The molecule has 0 fully saturated rings. The smallest absolute Gasteiger partial charge is 0.391 e. The quantitative estimate of drug-likeness (QED) is 0.133. The second-order valence-corrected chi connectivity index (χ2v) is 13.3. The first-order chi connectivity index (χ1) is 20.0. The van der Waals surface area contributed by atoms with Crippen LogP contribution in [0.1, 0.15) is 65.7 Å².